The molecule has 1 aliphatic rings. The fourth-order valence-corrected chi connectivity index (χ4v) is 4.80. The molecular weight excluding hydrogens is 388 g/mol. The van der Waals surface area contributed by atoms with Crippen molar-refractivity contribution in [3.8, 4) is 0 Å². The van der Waals surface area contributed by atoms with Gasteiger partial charge in [0.25, 0.3) is 0 Å². The van der Waals surface area contributed by atoms with Crippen LogP contribution in [0.2, 0.25) is 18.1 Å². The molecule has 1 aliphatic heterocycles. The molecule has 1 aromatic rings. The van der Waals surface area contributed by atoms with Gasteiger partial charge in [0.1, 0.15) is 0 Å². The van der Waals surface area contributed by atoms with Gasteiger partial charge >= 0.3 is 0 Å². The van der Waals surface area contributed by atoms with Gasteiger partial charge in [0.2, 0.25) is 5.91 Å². The second-order valence-corrected chi connectivity index (χ2v) is 15.5. The molecule has 0 saturated carbocycles. The van der Waals surface area contributed by atoms with E-state index in [0.717, 1.165) is 11.1 Å². The first-order valence-electron chi connectivity index (χ1n) is 11.2. The van der Waals surface area contributed by atoms with Gasteiger partial charge in [-0.25, -0.2) is 0 Å². The first-order chi connectivity index (χ1) is 13.8. The molecule has 1 fully saturated rings. The predicted molar refractivity (Wildman–Crippen MR) is 129 cm³/mol. The first-order valence-corrected chi connectivity index (χ1v) is 14.1. The van der Waals surface area contributed by atoms with Crippen molar-refractivity contribution in [1.82, 2.24) is 10.2 Å². The fourth-order valence-electron chi connectivity index (χ4n) is 3.78. The molecular formula is C25H42N2O2Si. The molecule has 1 amide bonds. The summed E-state index contributed by atoms with van der Waals surface area (Å²) in [5.74, 6) is 0.541. The minimum Gasteiger partial charge on any atom is -0.415 e. The lowest BCUT2D eigenvalue weighted by Crippen LogP contribution is -2.68. The maximum atomic E-state index is 13.5. The second-order valence-electron chi connectivity index (χ2n) is 10.7. The molecule has 0 unspecified atom stereocenters. The minimum atomic E-state index is -1.92. The Morgan fingerprint density at radius 1 is 1.23 bits per heavy atom. The number of carbonyl (C=O) groups excluding carboxylic acids is 1. The van der Waals surface area contributed by atoms with E-state index < -0.39 is 8.32 Å². The molecule has 4 nitrogen and oxygen atoms in total. The average Bonchev–Trinajstić information content (AvgIpc) is 2.63. The van der Waals surface area contributed by atoms with Gasteiger partial charge in [-0.3, -0.25) is 4.79 Å². The van der Waals surface area contributed by atoms with Crippen molar-refractivity contribution in [2.24, 2.45) is 5.92 Å². The number of hydrogen-bond donors (Lipinski definition) is 1. The van der Waals surface area contributed by atoms with Crippen molar-refractivity contribution in [2.75, 3.05) is 6.61 Å². The summed E-state index contributed by atoms with van der Waals surface area (Å²) in [4.78, 5) is 15.6. The van der Waals surface area contributed by atoms with Gasteiger partial charge in [-0.1, -0.05) is 70.5 Å². The number of nitrogens with one attached hydrogen (secondary N) is 1. The van der Waals surface area contributed by atoms with E-state index >= 15 is 0 Å². The third kappa shape index (κ3) is 6.05. The van der Waals surface area contributed by atoms with Gasteiger partial charge < -0.3 is 14.6 Å². The summed E-state index contributed by atoms with van der Waals surface area (Å²) in [7, 11) is -1.92. The molecule has 2 rings (SSSR count). The number of benzene rings is 1. The Balaban J connectivity index is 2.36. The van der Waals surface area contributed by atoms with Gasteiger partial charge in [0, 0.05) is 12.6 Å². The summed E-state index contributed by atoms with van der Waals surface area (Å²) in [5, 5.41) is 3.80. The zero-order chi connectivity index (χ0) is 22.7. The standard InChI is InChI=1S/C25H42N2O2Si/c1-18(2)15-21-24(28)27(16-20-13-11-10-12-14-20)22(23(26-21)19(3)4)17-29-30(8,9)25(5,6)7/h10-14,19,21-23,26H,1,15-17H2,2-9H3/t21-,22-,23-/m1/s1. The van der Waals surface area contributed by atoms with Crippen molar-refractivity contribution in [3.63, 3.8) is 0 Å². The summed E-state index contributed by atoms with van der Waals surface area (Å²) in [6, 6.07) is 10.2. The zero-order valence-corrected chi connectivity index (χ0v) is 21.3. The third-order valence-electron chi connectivity index (χ3n) is 6.68. The topological polar surface area (TPSA) is 41.6 Å². The molecule has 30 heavy (non-hydrogen) atoms. The quantitative estimate of drug-likeness (QED) is 0.445. The normalized spacial score (nSPS) is 23.2. The molecule has 5 heteroatoms. The van der Waals surface area contributed by atoms with Crippen LogP contribution in [0.25, 0.3) is 0 Å². The Morgan fingerprint density at radius 2 is 1.83 bits per heavy atom. The van der Waals surface area contributed by atoms with E-state index in [-0.39, 0.29) is 29.1 Å². The van der Waals surface area contributed by atoms with Crippen LogP contribution in [-0.4, -0.2) is 43.9 Å². The van der Waals surface area contributed by atoms with Crippen LogP contribution in [-0.2, 0) is 15.8 Å². The van der Waals surface area contributed by atoms with Crippen molar-refractivity contribution in [1.29, 1.82) is 0 Å². The van der Waals surface area contributed by atoms with Gasteiger partial charge in [0.15, 0.2) is 8.32 Å². The molecule has 0 aromatic heterocycles. The van der Waals surface area contributed by atoms with Crippen LogP contribution in [0.4, 0.5) is 0 Å². The van der Waals surface area contributed by atoms with E-state index in [2.05, 4.69) is 76.6 Å². The van der Waals surface area contributed by atoms with Crippen LogP contribution >= 0.6 is 0 Å². The minimum absolute atomic E-state index is 0.00759. The van der Waals surface area contributed by atoms with E-state index in [1.54, 1.807) is 0 Å². The average molecular weight is 431 g/mol. The Kier molecular flexibility index (Phi) is 8.11. The Bertz CT molecular complexity index is 724. The van der Waals surface area contributed by atoms with E-state index in [0.29, 0.717) is 25.5 Å². The fraction of sp³-hybridized carbons (Fsp3) is 0.640. The Morgan fingerprint density at radius 3 is 2.33 bits per heavy atom. The highest BCUT2D eigenvalue weighted by Gasteiger charge is 2.44. The third-order valence-corrected chi connectivity index (χ3v) is 11.2. The molecule has 1 aromatic carbocycles. The molecule has 1 N–H and O–H groups in total. The lowest BCUT2D eigenvalue weighted by molar-refractivity contribution is -0.143. The monoisotopic (exact) mass is 430 g/mol. The van der Waals surface area contributed by atoms with Crippen LogP contribution in [0.1, 0.15) is 53.5 Å². The summed E-state index contributed by atoms with van der Waals surface area (Å²) in [6.45, 7) is 23.0. The highest BCUT2D eigenvalue weighted by molar-refractivity contribution is 6.74. The highest BCUT2D eigenvalue weighted by atomic mass is 28.4. The second kappa shape index (κ2) is 9.80. The van der Waals surface area contributed by atoms with Gasteiger partial charge in [-0.15, -0.1) is 6.58 Å². The molecule has 0 spiro atoms. The van der Waals surface area contributed by atoms with Crippen molar-refractivity contribution < 1.29 is 9.22 Å². The molecule has 3 atom stereocenters. The van der Waals surface area contributed by atoms with E-state index in [9.17, 15) is 4.79 Å². The van der Waals surface area contributed by atoms with E-state index in [4.69, 9.17) is 4.43 Å². The van der Waals surface area contributed by atoms with Crippen LogP contribution in [0.5, 0.6) is 0 Å². The summed E-state index contributed by atoms with van der Waals surface area (Å²) < 4.78 is 6.63. The van der Waals surface area contributed by atoms with Crippen LogP contribution in [0.15, 0.2) is 42.5 Å². The molecule has 1 heterocycles. The summed E-state index contributed by atoms with van der Waals surface area (Å²) in [6.07, 6.45) is 0.670. The highest BCUT2D eigenvalue weighted by Crippen LogP contribution is 2.37. The number of rotatable bonds is 8. The van der Waals surface area contributed by atoms with E-state index in [1.165, 1.54) is 0 Å². The lowest BCUT2D eigenvalue weighted by Gasteiger charge is -2.48. The molecule has 0 aliphatic carbocycles. The number of piperazine rings is 1. The summed E-state index contributed by atoms with van der Waals surface area (Å²) in [5.41, 5.74) is 2.18. The zero-order valence-electron chi connectivity index (χ0n) is 20.3. The predicted octanol–water partition coefficient (Wildman–Crippen LogP) is 5.37. The van der Waals surface area contributed by atoms with Gasteiger partial charge in [-0.05, 0) is 43.0 Å². The maximum absolute atomic E-state index is 13.5. The van der Waals surface area contributed by atoms with Crippen LogP contribution in [0, 0.1) is 5.92 Å². The SMILES string of the molecule is C=C(C)C[C@H]1N[C@H](C(C)C)[C@@H](CO[Si](C)(C)C(C)(C)C)N(Cc2ccccc2)C1=O. The Labute approximate surface area is 185 Å². The molecule has 168 valence electrons. The summed E-state index contributed by atoms with van der Waals surface area (Å²) >= 11 is 0. The number of amides is 1. The largest absolute Gasteiger partial charge is 0.415 e. The molecule has 0 radical (unpaired) electrons. The molecule has 1 saturated heterocycles. The van der Waals surface area contributed by atoms with Gasteiger partial charge in [-0.2, -0.15) is 0 Å². The number of carbonyl (C=O) groups is 1. The number of hydrogen-bond acceptors (Lipinski definition) is 3. The van der Waals surface area contributed by atoms with Crippen molar-refractivity contribution in [3.05, 3.63) is 48.0 Å². The van der Waals surface area contributed by atoms with Crippen LogP contribution in [0.3, 0.4) is 0 Å². The van der Waals surface area contributed by atoms with Crippen molar-refractivity contribution in [2.45, 2.75) is 90.8 Å². The van der Waals surface area contributed by atoms with E-state index in [1.807, 2.05) is 25.1 Å². The van der Waals surface area contributed by atoms with Crippen LogP contribution < -0.4 is 5.32 Å². The molecule has 0 bridgehead atoms. The first kappa shape index (κ1) is 24.8. The smallest absolute Gasteiger partial charge is 0.240 e. The lowest BCUT2D eigenvalue weighted by atomic mass is 9.89. The van der Waals surface area contributed by atoms with Gasteiger partial charge in [0.05, 0.1) is 18.7 Å². The van der Waals surface area contributed by atoms with Crippen molar-refractivity contribution >= 4 is 14.2 Å². The maximum Gasteiger partial charge on any atom is 0.240 e. The Hall–Kier alpha value is -1.43. The number of nitrogens with zero attached hydrogens (tertiary/aromatic N) is 1.